The number of nitrogens with zero attached hydrogens (tertiary/aromatic N) is 4. The summed E-state index contributed by atoms with van der Waals surface area (Å²) in [6.07, 6.45) is 0.613. The Morgan fingerprint density at radius 1 is 0.892 bits per heavy atom. The van der Waals surface area contributed by atoms with Crippen molar-refractivity contribution < 1.29 is 9.59 Å². The number of carbonyl (C=O) groups excluding carboxylic acids is 2. The molecule has 0 spiro atoms. The number of anilines is 1. The Labute approximate surface area is 225 Å². The van der Waals surface area contributed by atoms with Crippen LogP contribution >= 0.6 is 23.2 Å². The lowest BCUT2D eigenvalue weighted by Gasteiger charge is -2.19. The third kappa shape index (κ3) is 5.73. The molecule has 0 bridgehead atoms. The highest BCUT2D eigenvalue weighted by Crippen LogP contribution is 2.24. The van der Waals surface area contributed by atoms with Gasteiger partial charge in [0.15, 0.2) is 5.78 Å². The highest BCUT2D eigenvalue weighted by atomic mass is 35.5. The summed E-state index contributed by atoms with van der Waals surface area (Å²) >= 11 is 12.5. The first kappa shape index (κ1) is 26.5. The molecule has 0 aliphatic carbocycles. The van der Waals surface area contributed by atoms with Gasteiger partial charge < -0.3 is 18.9 Å². The summed E-state index contributed by atoms with van der Waals surface area (Å²) in [5.41, 5.74) is 3.71. The van der Waals surface area contributed by atoms with Gasteiger partial charge in [-0.3, -0.25) is 15.0 Å². The van der Waals surface area contributed by atoms with Crippen molar-refractivity contribution in [2.75, 3.05) is 32.6 Å². The maximum atomic E-state index is 13.0. The van der Waals surface area contributed by atoms with Gasteiger partial charge in [-0.05, 0) is 61.0 Å². The number of nitrogens with one attached hydrogen (secondary N) is 1. The van der Waals surface area contributed by atoms with Crippen LogP contribution in [0.4, 0.5) is 5.69 Å². The minimum atomic E-state index is -0.125. The molecule has 0 radical (unpaired) electrons. The number of amides is 1. The SMILES string of the molecule is CN(CCCn1c(=N)n(CC(=O)c2ccc(Cl)cc2)c2cccc(Cl)c21)C(=O)c1cccc(N(C)C)c1. The van der Waals surface area contributed by atoms with Gasteiger partial charge >= 0.3 is 0 Å². The molecule has 1 N–H and O–H groups in total. The third-order valence-corrected chi connectivity index (χ3v) is 6.89. The fourth-order valence-electron chi connectivity index (χ4n) is 4.31. The number of halogens is 2. The zero-order valence-corrected chi connectivity index (χ0v) is 22.6. The second kappa shape index (κ2) is 11.2. The highest BCUT2D eigenvalue weighted by molar-refractivity contribution is 6.35. The van der Waals surface area contributed by atoms with E-state index >= 15 is 0 Å². The van der Waals surface area contributed by atoms with Gasteiger partial charge in [0.05, 0.1) is 22.6 Å². The molecule has 7 nitrogen and oxygen atoms in total. The van der Waals surface area contributed by atoms with Crippen LogP contribution in [0.2, 0.25) is 10.0 Å². The predicted molar refractivity (Wildman–Crippen MR) is 149 cm³/mol. The summed E-state index contributed by atoms with van der Waals surface area (Å²) in [6.45, 7) is 0.972. The molecule has 4 rings (SSSR count). The zero-order valence-electron chi connectivity index (χ0n) is 21.0. The normalized spacial score (nSPS) is 11.1. The van der Waals surface area contributed by atoms with E-state index in [4.69, 9.17) is 28.6 Å². The zero-order chi connectivity index (χ0) is 26.7. The Kier molecular flexibility index (Phi) is 8.05. The summed E-state index contributed by atoms with van der Waals surface area (Å²) < 4.78 is 3.47. The van der Waals surface area contributed by atoms with Gasteiger partial charge in [-0.1, -0.05) is 35.3 Å². The molecule has 0 saturated carbocycles. The number of aromatic nitrogens is 2. The summed E-state index contributed by atoms with van der Waals surface area (Å²) in [7, 11) is 5.65. The van der Waals surface area contributed by atoms with Crippen molar-refractivity contribution in [3.8, 4) is 0 Å². The van der Waals surface area contributed by atoms with Crippen LogP contribution in [0.3, 0.4) is 0 Å². The van der Waals surface area contributed by atoms with Crippen molar-refractivity contribution in [2.24, 2.45) is 0 Å². The molecule has 1 heterocycles. The number of hydrogen-bond donors (Lipinski definition) is 1. The van der Waals surface area contributed by atoms with Crippen molar-refractivity contribution in [3.05, 3.63) is 93.5 Å². The molecule has 3 aromatic carbocycles. The molecule has 0 unspecified atom stereocenters. The van der Waals surface area contributed by atoms with Crippen LogP contribution in [0.15, 0.2) is 66.7 Å². The van der Waals surface area contributed by atoms with Crippen LogP contribution in [0.1, 0.15) is 27.1 Å². The lowest BCUT2D eigenvalue weighted by Crippen LogP contribution is -2.31. The summed E-state index contributed by atoms with van der Waals surface area (Å²) in [5.74, 6) is -0.187. The van der Waals surface area contributed by atoms with E-state index in [0.29, 0.717) is 51.7 Å². The number of fused-ring (bicyclic) bond motifs is 1. The predicted octanol–water partition coefficient (Wildman–Crippen LogP) is 5.34. The first-order chi connectivity index (χ1) is 17.7. The second-order valence-corrected chi connectivity index (χ2v) is 9.97. The van der Waals surface area contributed by atoms with Crippen LogP contribution in [-0.4, -0.2) is 53.4 Å². The third-order valence-electron chi connectivity index (χ3n) is 6.34. The van der Waals surface area contributed by atoms with Gasteiger partial charge in [-0.25, -0.2) is 0 Å². The quantitative estimate of drug-likeness (QED) is 0.293. The van der Waals surface area contributed by atoms with Crippen LogP contribution in [0.5, 0.6) is 0 Å². The molecular formula is C28H29Cl2N5O2. The molecule has 0 fully saturated rings. The fourth-order valence-corrected chi connectivity index (χ4v) is 4.71. The number of benzene rings is 3. The lowest BCUT2D eigenvalue weighted by molar-refractivity contribution is 0.0791. The van der Waals surface area contributed by atoms with E-state index < -0.39 is 0 Å². The molecule has 37 heavy (non-hydrogen) atoms. The molecule has 192 valence electrons. The molecule has 0 aliphatic rings. The van der Waals surface area contributed by atoms with Crippen molar-refractivity contribution in [1.82, 2.24) is 14.0 Å². The number of rotatable bonds is 9. The Morgan fingerprint density at radius 2 is 1.59 bits per heavy atom. The van der Waals surface area contributed by atoms with Gasteiger partial charge in [0, 0.05) is 56.1 Å². The number of hydrogen-bond acceptors (Lipinski definition) is 4. The van der Waals surface area contributed by atoms with E-state index in [1.807, 2.05) is 55.4 Å². The van der Waals surface area contributed by atoms with Gasteiger partial charge in [0.2, 0.25) is 5.62 Å². The molecule has 0 atom stereocenters. The first-order valence-electron chi connectivity index (χ1n) is 11.9. The number of aryl methyl sites for hydroxylation is 1. The minimum Gasteiger partial charge on any atom is -0.378 e. The molecular weight excluding hydrogens is 509 g/mol. The maximum absolute atomic E-state index is 13.0. The fraction of sp³-hybridized carbons (Fsp3) is 0.250. The van der Waals surface area contributed by atoms with E-state index in [1.54, 1.807) is 51.4 Å². The van der Waals surface area contributed by atoms with Crippen molar-refractivity contribution in [2.45, 2.75) is 19.5 Å². The summed E-state index contributed by atoms with van der Waals surface area (Å²) in [5, 5.41) is 9.90. The van der Waals surface area contributed by atoms with Gasteiger partial charge in [-0.2, -0.15) is 0 Å². The van der Waals surface area contributed by atoms with Crippen molar-refractivity contribution in [3.63, 3.8) is 0 Å². The standard InChI is InChI=1S/C28H29Cl2N5O2/c1-32(2)22-8-4-7-20(17-22)27(37)33(3)15-6-16-34-26-23(30)9-5-10-24(26)35(28(34)31)18-25(36)19-11-13-21(29)14-12-19/h4-5,7-14,17,31H,6,15-16,18H2,1-3H3. The maximum Gasteiger partial charge on any atom is 0.253 e. The smallest absolute Gasteiger partial charge is 0.253 e. The number of carbonyl (C=O) groups is 2. The number of para-hydroxylation sites is 1. The van der Waals surface area contributed by atoms with E-state index in [1.165, 1.54) is 0 Å². The molecule has 1 aromatic heterocycles. The van der Waals surface area contributed by atoms with E-state index in [-0.39, 0.29) is 23.9 Å². The van der Waals surface area contributed by atoms with Crippen LogP contribution in [0, 0.1) is 5.41 Å². The molecule has 1 amide bonds. The lowest BCUT2D eigenvalue weighted by atomic mass is 10.1. The second-order valence-electron chi connectivity index (χ2n) is 9.12. The van der Waals surface area contributed by atoms with Crippen molar-refractivity contribution in [1.29, 1.82) is 5.41 Å². The van der Waals surface area contributed by atoms with Crippen molar-refractivity contribution >= 4 is 51.6 Å². The Hall–Kier alpha value is -3.55. The summed E-state index contributed by atoms with van der Waals surface area (Å²) in [6, 6.07) is 19.7. The first-order valence-corrected chi connectivity index (χ1v) is 12.7. The van der Waals surface area contributed by atoms with Gasteiger partial charge in [0.1, 0.15) is 0 Å². The Morgan fingerprint density at radius 3 is 2.30 bits per heavy atom. The number of ketones is 1. The minimum absolute atomic E-state index is 0.00487. The monoisotopic (exact) mass is 537 g/mol. The average molecular weight is 538 g/mol. The van der Waals surface area contributed by atoms with Crippen LogP contribution in [0.25, 0.3) is 11.0 Å². The molecule has 9 heteroatoms. The van der Waals surface area contributed by atoms with E-state index in [9.17, 15) is 9.59 Å². The van der Waals surface area contributed by atoms with Gasteiger partial charge in [0.25, 0.3) is 5.91 Å². The Balaban J connectivity index is 1.52. The molecule has 4 aromatic rings. The molecule has 0 aliphatic heterocycles. The van der Waals surface area contributed by atoms with Crippen LogP contribution < -0.4 is 10.5 Å². The van der Waals surface area contributed by atoms with E-state index in [0.717, 1.165) is 5.69 Å². The molecule has 0 saturated heterocycles. The average Bonchev–Trinajstić information content (AvgIpc) is 3.15. The highest BCUT2D eigenvalue weighted by Gasteiger charge is 2.18. The Bertz CT molecular complexity index is 1510. The number of imidazole rings is 1. The summed E-state index contributed by atoms with van der Waals surface area (Å²) in [4.78, 5) is 29.6. The topological polar surface area (TPSA) is 74.3 Å². The van der Waals surface area contributed by atoms with Gasteiger partial charge in [-0.15, -0.1) is 0 Å². The largest absolute Gasteiger partial charge is 0.378 e. The van der Waals surface area contributed by atoms with E-state index in [2.05, 4.69) is 0 Å². The number of Topliss-reactive ketones (excluding diaryl/α,β-unsaturated/α-hetero) is 1. The van der Waals surface area contributed by atoms with Crippen LogP contribution in [-0.2, 0) is 13.1 Å².